The van der Waals surface area contributed by atoms with Gasteiger partial charge in [-0.25, -0.2) is 0 Å². The van der Waals surface area contributed by atoms with Crippen molar-refractivity contribution in [2.24, 2.45) is 5.92 Å². The van der Waals surface area contributed by atoms with Crippen LogP contribution in [-0.4, -0.2) is 31.8 Å². The normalized spacial score (nSPS) is 12.1. The number of carbonyl (C=O) groups is 1. The second-order valence-electron chi connectivity index (χ2n) is 4.52. The van der Waals surface area contributed by atoms with Gasteiger partial charge in [0, 0.05) is 24.1 Å². The lowest BCUT2D eigenvalue weighted by Crippen LogP contribution is -2.31. The van der Waals surface area contributed by atoms with E-state index in [0.29, 0.717) is 17.1 Å². The zero-order valence-corrected chi connectivity index (χ0v) is 11.8. The van der Waals surface area contributed by atoms with Crippen LogP contribution in [-0.2, 0) is 4.79 Å². The Labute approximate surface area is 113 Å². The van der Waals surface area contributed by atoms with Gasteiger partial charge in [-0.1, -0.05) is 13.8 Å². The van der Waals surface area contributed by atoms with E-state index in [1.54, 1.807) is 39.2 Å². The highest BCUT2D eigenvalue weighted by Crippen LogP contribution is 2.29. The van der Waals surface area contributed by atoms with E-state index in [-0.39, 0.29) is 18.4 Å². The maximum Gasteiger partial charge on any atom is 0.222 e. The molecule has 0 bridgehead atoms. The van der Waals surface area contributed by atoms with Crippen LogP contribution in [0.4, 0.5) is 0 Å². The summed E-state index contributed by atoms with van der Waals surface area (Å²) in [5.41, 5.74) is 0.618. The van der Waals surface area contributed by atoms with Crippen molar-refractivity contribution in [3.05, 3.63) is 23.8 Å². The van der Waals surface area contributed by atoms with Gasteiger partial charge in [0.05, 0.1) is 20.3 Å². The number of hydrogen-bond donors (Lipinski definition) is 2. The van der Waals surface area contributed by atoms with Crippen LogP contribution < -0.4 is 14.8 Å². The Morgan fingerprint density at radius 1 is 1.32 bits per heavy atom. The Balaban J connectivity index is 2.76. The van der Waals surface area contributed by atoms with Gasteiger partial charge in [-0.2, -0.15) is 0 Å². The zero-order chi connectivity index (χ0) is 14.4. The molecule has 0 aliphatic carbocycles. The molecule has 1 atom stereocenters. The molecule has 5 nitrogen and oxygen atoms in total. The molecule has 0 aromatic heterocycles. The van der Waals surface area contributed by atoms with Crippen LogP contribution >= 0.6 is 0 Å². The summed E-state index contributed by atoms with van der Waals surface area (Å²) < 4.78 is 10.3. The van der Waals surface area contributed by atoms with Gasteiger partial charge < -0.3 is 19.9 Å². The summed E-state index contributed by atoms with van der Waals surface area (Å²) in [5.74, 6) is 0.987. The van der Waals surface area contributed by atoms with E-state index >= 15 is 0 Å². The first kappa shape index (κ1) is 15.3. The average molecular weight is 267 g/mol. The van der Waals surface area contributed by atoms with Crippen molar-refractivity contribution in [1.82, 2.24) is 5.32 Å². The van der Waals surface area contributed by atoms with Crippen LogP contribution in [0, 0.1) is 5.92 Å². The molecule has 1 unspecified atom stereocenters. The Morgan fingerprint density at radius 2 is 2.00 bits per heavy atom. The van der Waals surface area contributed by atoms with Gasteiger partial charge >= 0.3 is 0 Å². The number of aliphatic hydroxyl groups excluding tert-OH is 1. The summed E-state index contributed by atoms with van der Waals surface area (Å²) in [5, 5.41) is 12.8. The molecule has 0 spiro atoms. The molecule has 0 aliphatic rings. The lowest BCUT2D eigenvalue weighted by Gasteiger charge is -2.17. The van der Waals surface area contributed by atoms with E-state index in [4.69, 9.17) is 9.47 Å². The van der Waals surface area contributed by atoms with E-state index in [0.717, 1.165) is 0 Å². The fourth-order valence-electron chi connectivity index (χ4n) is 1.61. The highest BCUT2D eigenvalue weighted by molar-refractivity contribution is 5.77. The van der Waals surface area contributed by atoms with E-state index in [2.05, 4.69) is 5.32 Å². The first-order valence-electron chi connectivity index (χ1n) is 6.17. The molecular formula is C14H21NO4. The van der Waals surface area contributed by atoms with Gasteiger partial charge in [0.25, 0.3) is 0 Å². The minimum absolute atomic E-state index is 0.0912. The number of benzene rings is 1. The van der Waals surface area contributed by atoms with Gasteiger partial charge in [0.2, 0.25) is 5.91 Å². The number of hydrogen-bond acceptors (Lipinski definition) is 4. The first-order chi connectivity index (χ1) is 8.99. The van der Waals surface area contributed by atoms with Crippen LogP contribution in [0.15, 0.2) is 18.2 Å². The van der Waals surface area contributed by atoms with Crippen molar-refractivity contribution in [1.29, 1.82) is 0 Å². The second kappa shape index (κ2) is 6.99. The average Bonchev–Trinajstić information content (AvgIpc) is 2.43. The summed E-state index contributed by atoms with van der Waals surface area (Å²) in [6.07, 6.45) is -0.816. The maximum absolute atomic E-state index is 11.5. The van der Waals surface area contributed by atoms with Crippen molar-refractivity contribution < 1.29 is 19.4 Å². The summed E-state index contributed by atoms with van der Waals surface area (Å²) in [4.78, 5) is 11.5. The quantitative estimate of drug-likeness (QED) is 0.820. The van der Waals surface area contributed by atoms with Gasteiger partial charge in [-0.15, -0.1) is 0 Å². The fraction of sp³-hybridized carbons (Fsp3) is 0.500. The molecule has 0 heterocycles. The lowest BCUT2D eigenvalue weighted by molar-refractivity contribution is -0.124. The smallest absolute Gasteiger partial charge is 0.222 e. The van der Waals surface area contributed by atoms with Crippen LogP contribution in [0.2, 0.25) is 0 Å². The summed E-state index contributed by atoms with van der Waals surface area (Å²) in [6, 6.07) is 5.16. The van der Waals surface area contributed by atoms with Crippen LogP contribution in [0.25, 0.3) is 0 Å². The topological polar surface area (TPSA) is 67.8 Å². The molecular weight excluding hydrogens is 246 g/mol. The van der Waals surface area contributed by atoms with E-state index in [1.807, 2.05) is 0 Å². The largest absolute Gasteiger partial charge is 0.497 e. The Hall–Kier alpha value is -1.75. The SMILES string of the molecule is COc1ccc(C(O)CNC(=O)C(C)C)c(OC)c1. The molecule has 1 aromatic carbocycles. The highest BCUT2D eigenvalue weighted by Gasteiger charge is 2.16. The summed E-state index contributed by atoms with van der Waals surface area (Å²) in [7, 11) is 3.09. The van der Waals surface area contributed by atoms with Crippen LogP contribution in [0.5, 0.6) is 11.5 Å². The van der Waals surface area contributed by atoms with Gasteiger partial charge in [0.1, 0.15) is 11.5 Å². The van der Waals surface area contributed by atoms with Crippen molar-refractivity contribution in [2.45, 2.75) is 20.0 Å². The number of amides is 1. The van der Waals surface area contributed by atoms with Gasteiger partial charge in [-0.05, 0) is 12.1 Å². The molecule has 2 N–H and O–H groups in total. The number of methoxy groups -OCH3 is 2. The Bertz CT molecular complexity index is 431. The van der Waals surface area contributed by atoms with Crippen molar-refractivity contribution in [3.63, 3.8) is 0 Å². The number of aliphatic hydroxyl groups is 1. The maximum atomic E-state index is 11.5. The van der Waals surface area contributed by atoms with Crippen LogP contribution in [0.3, 0.4) is 0 Å². The number of nitrogens with one attached hydrogen (secondary N) is 1. The number of carbonyl (C=O) groups excluding carboxylic acids is 1. The number of rotatable bonds is 6. The van der Waals surface area contributed by atoms with Crippen molar-refractivity contribution in [2.75, 3.05) is 20.8 Å². The minimum Gasteiger partial charge on any atom is -0.497 e. The third-order valence-corrected chi connectivity index (χ3v) is 2.79. The molecule has 0 fully saturated rings. The van der Waals surface area contributed by atoms with Crippen molar-refractivity contribution >= 4 is 5.91 Å². The summed E-state index contributed by atoms with van der Waals surface area (Å²) in [6.45, 7) is 3.76. The molecule has 0 saturated heterocycles. The van der Waals surface area contributed by atoms with E-state index in [1.165, 1.54) is 7.11 Å². The summed E-state index contributed by atoms with van der Waals surface area (Å²) >= 11 is 0. The minimum atomic E-state index is -0.816. The predicted molar refractivity (Wildman–Crippen MR) is 72.4 cm³/mol. The van der Waals surface area contributed by atoms with E-state index in [9.17, 15) is 9.90 Å². The molecule has 106 valence electrons. The Morgan fingerprint density at radius 3 is 2.53 bits per heavy atom. The monoisotopic (exact) mass is 267 g/mol. The second-order valence-corrected chi connectivity index (χ2v) is 4.52. The molecule has 1 amide bonds. The number of ether oxygens (including phenoxy) is 2. The molecule has 1 aromatic rings. The third kappa shape index (κ3) is 4.13. The van der Waals surface area contributed by atoms with Gasteiger partial charge in [0.15, 0.2) is 0 Å². The van der Waals surface area contributed by atoms with E-state index < -0.39 is 6.10 Å². The Kier molecular flexibility index (Phi) is 5.63. The molecule has 0 saturated carbocycles. The lowest BCUT2D eigenvalue weighted by atomic mass is 10.1. The van der Waals surface area contributed by atoms with Crippen LogP contribution in [0.1, 0.15) is 25.5 Å². The molecule has 5 heteroatoms. The first-order valence-corrected chi connectivity index (χ1v) is 6.17. The van der Waals surface area contributed by atoms with Crippen molar-refractivity contribution in [3.8, 4) is 11.5 Å². The molecule has 19 heavy (non-hydrogen) atoms. The standard InChI is InChI=1S/C14H21NO4/c1-9(2)14(17)15-8-12(16)11-6-5-10(18-3)7-13(11)19-4/h5-7,9,12,16H,8H2,1-4H3,(H,15,17). The van der Waals surface area contributed by atoms with Gasteiger partial charge in [-0.3, -0.25) is 4.79 Å². The predicted octanol–water partition coefficient (Wildman–Crippen LogP) is 1.51. The molecule has 0 radical (unpaired) electrons. The zero-order valence-electron chi connectivity index (χ0n) is 11.8. The highest BCUT2D eigenvalue weighted by atomic mass is 16.5. The molecule has 0 aliphatic heterocycles. The third-order valence-electron chi connectivity index (χ3n) is 2.79. The fourth-order valence-corrected chi connectivity index (χ4v) is 1.61. The molecule has 1 rings (SSSR count).